The molecule has 152 valence electrons. The minimum absolute atomic E-state index is 0.0921. The second kappa shape index (κ2) is 6.29. The van der Waals surface area contributed by atoms with E-state index in [1.54, 1.807) is 4.68 Å². The lowest BCUT2D eigenvalue weighted by Crippen LogP contribution is -2.54. The van der Waals surface area contributed by atoms with Gasteiger partial charge in [-0.05, 0) is 92.1 Å². The van der Waals surface area contributed by atoms with Gasteiger partial charge in [0.2, 0.25) is 0 Å². The van der Waals surface area contributed by atoms with E-state index < -0.39 is 0 Å². The molecule has 0 unspecified atom stereocenters. The first-order chi connectivity index (χ1) is 13.3. The fourth-order valence-corrected chi connectivity index (χ4v) is 7.75. The maximum atomic E-state index is 13.4. The molecular formula is C24H34N2O2. The van der Waals surface area contributed by atoms with Gasteiger partial charge in [-0.2, -0.15) is 5.10 Å². The molecule has 4 nitrogen and oxygen atoms in total. The van der Waals surface area contributed by atoms with Gasteiger partial charge in [-0.1, -0.05) is 13.8 Å². The molecule has 1 heterocycles. The number of aliphatic hydroxyl groups is 1. The highest BCUT2D eigenvalue weighted by molar-refractivity contribution is 6.05. The van der Waals surface area contributed by atoms with Crippen molar-refractivity contribution in [2.24, 2.45) is 41.5 Å². The van der Waals surface area contributed by atoms with E-state index in [0.717, 1.165) is 49.2 Å². The summed E-state index contributed by atoms with van der Waals surface area (Å²) in [7, 11) is 1.92. The van der Waals surface area contributed by atoms with Crippen molar-refractivity contribution < 1.29 is 9.90 Å². The Hall–Kier alpha value is -1.42. The summed E-state index contributed by atoms with van der Waals surface area (Å²) in [6.07, 6.45) is 14.6. The number of carbonyl (C=O) groups is 1. The van der Waals surface area contributed by atoms with Crippen LogP contribution >= 0.6 is 0 Å². The molecule has 0 spiro atoms. The van der Waals surface area contributed by atoms with Crippen LogP contribution in [0.3, 0.4) is 0 Å². The van der Waals surface area contributed by atoms with Crippen LogP contribution in [0.2, 0.25) is 0 Å². The largest absolute Gasteiger partial charge is 0.393 e. The van der Waals surface area contributed by atoms with Crippen LogP contribution in [0.1, 0.15) is 70.8 Å². The number of carbonyl (C=O) groups excluding carboxylic acids is 1. The van der Waals surface area contributed by atoms with Gasteiger partial charge in [0.1, 0.15) is 0 Å². The van der Waals surface area contributed by atoms with Gasteiger partial charge in [0.25, 0.3) is 0 Å². The molecule has 0 aliphatic heterocycles. The summed E-state index contributed by atoms with van der Waals surface area (Å²) in [5.41, 5.74) is 2.25. The number of nitrogens with zero attached hydrogens (tertiary/aromatic N) is 2. The SMILES string of the molecule is Cn1cc(/C=C2\C[C@H]3[C@@H]4CC[C@H]5C[C@@H](O)CC[C@]5(C)[C@H]4CC[C@]3(C)C2=O)cn1. The first-order valence-corrected chi connectivity index (χ1v) is 11.2. The first kappa shape index (κ1) is 18.6. The van der Waals surface area contributed by atoms with Crippen molar-refractivity contribution in [2.45, 2.75) is 71.3 Å². The van der Waals surface area contributed by atoms with Gasteiger partial charge in [-0.3, -0.25) is 9.48 Å². The number of ketones is 1. The summed E-state index contributed by atoms with van der Waals surface area (Å²) in [6.45, 7) is 4.76. The Balaban J connectivity index is 1.45. The van der Waals surface area contributed by atoms with Gasteiger partial charge in [0, 0.05) is 24.2 Å². The standard InChI is InChI=1S/C24H34N2O2/c1-23-8-6-18(27)12-17(23)4-5-19-20(23)7-9-24(2)21(19)11-16(22(24)28)10-15-13-25-26(3)14-15/h10,13-14,17-21,27H,4-9,11-12H2,1-3H3/b16-10+/t17-,18-,19+,20-,21-,23-,24-/m0/s1. The molecule has 28 heavy (non-hydrogen) atoms. The van der Waals surface area contributed by atoms with Crippen LogP contribution in [0.5, 0.6) is 0 Å². The van der Waals surface area contributed by atoms with E-state index in [9.17, 15) is 9.90 Å². The Morgan fingerprint density at radius 2 is 2.00 bits per heavy atom. The predicted molar refractivity (Wildman–Crippen MR) is 109 cm³/mol. The zero-order valence-corrected chi connectivity index (χ0v) is 17.5. The van der Waals surface area contributed by atoms with E-state index in [1.807, 2.05) is 19.4 Å². The summed E-state index contributed by atoms with van der Waals surface area (Å²) >= 11 is 0. The van der Waals surface area contributed by atoms with Crippen molar-refractivity contribution in [2.75, 3.05) is 0 Å². The van der Waals surface area contributed by atoms with Gasteiger partial charge in [0.15, 0.2) is 5.78 Å². The Kier molecular flexibility index (Phi) is 4.18. The van der Waals surface area contributed by atoms with Gasteiger partial charge < -0.3 is 5.11 Å². The van der Waals surface area contributed by atoms with E-state index in [1.165, 1.54) is 19.3 Å². The normalized spacial score (nSPS) is 46.9. The Bertz CT molecular complexity index is 826. The molecule has 1 aromatic rings. The van der Waals surface area contributed by atoms with Crippen LogP contribution in [0.25, 0.3) is 6.08 Å². The molecule has 7 atom stereocenters. The maximum Gasteiger partial charge on any atom is 0.165 e. The van der Waals surface area contributed by atoms with Crippen LogP contribution in [0, 0.1) is 34.5 Å². The number of hydrogen-bond acceptors (Lipinski definition) is 3. The molecule has 5 rings (SSSR count). The molecule has 0 aromatic carbocycles. The number of hydrogen-bond donors (Lipinski definition) is 1. The van der Waals surface area contributed by atoms with E-state index in [0.29, 0.717) is 29.0 Å². The Labute approximate surface area is 168 Å². The maximum absolute atomic E-state index is 13.4. The van der Waals surface area contributed by atoms with Gasteiger partial charge in [-0.15, -0.1) is 0 Å². The molecule has 0 bridgehead atoms. The molecule has 0 amide bonds. The summed E-state index contributed by atoms with van der Waals surface area (Å²) in [5.74, 6) is 2.95. The van der Waals surface area contributed by atoms with E-state index in [2.05, 4.69) is 25.0 Å². The third kappa shape index (κ3) is 2.59. The Morgan fingerprint density at radius 3 is 2.75 bits per heavy atom. The van der Waals surface area contributed by atoms with E-state index >= 15 is 0 Å². The summed E-state index contributed by atoms with van der Waals surface area (Å²) < 4.78 is 1.80. The molecule has 0 saturated heterocycles. The van der Waals surface area contributed by atoms with Crippen molar-refractivity contribution in [3.05, 3.63) is 23.5 Å². The van der Waals surface area contributed by atoms with Crippen LogP contribution < -0.4 is 0 Å². The highest BCUT2D eigenvalue weighted by Gasteiger charge is 2.61. The molecule has 4 fully saturated rings. The monoisotopic (exact) mass is 382 g/mol. The quantitative estimate of drug-likeness (QED) is 0.733. The van der Waals surface area contributed by atoms with E-state index in [4.69, 9.17) is 0 Å². The van der Waals surface area contributed by atoms with Gasteiger partial charge >= 0.3 is 0 Å². The number of aromatic nitrogens is 2. The second-order valence-electron chi connectivity index (χ2n) is 10.7. The predicted octanol–water partition coefficient (Wildman–Crippen LogP) is 4.39. The minimum atomic E-state index is -0.174. The number of fused-ring (bicyclic) bond motifs is 5. The molecule has 4 saturated carbocycles. The highest BCUT2D eigenvalue weighted by Crippen LogP contribution is 2.66. The smallest absolute Gasteiger partial charge is 0.165 e. The average molecular weight is 383 g/mol. The lowest BCUT2D eigenvalue weighted by atomic mass is 9.45. The number of aliphatic hydroxyl groups excluding tert-OH is 1. The van der Waals surface area contributed by atoms with Crippen molar-refractivity contribution in [1.82, 2.24) is 9.78 Å². The fourth-order valence-electron chi connectivity index (χ4n) is 7.75. The van der Waals surface area contributed by atoms with Crippen molar-refractivity contribution in [3.63, 3.8) is 0 Å². The Morgan fingerprint density at radius 1 is 1.18 bits per heavy atom. The number of rotatable bonds is 1. The van der Waals surface area contributed by atoms with Crippen LogP contribution in [-0.4, -0.2) is 26.8 Å². The van der Waals surface area contributed by atoms with Gasteiger partial charge in [-0.25, -0.2) is 0 Å². The van der Waals surface area contributed by atoms with Crippen LogP contribution in [-0.2, 0) is 11.8 Å². The molecule has 4 heteroatoms. The third-order valence-corrected chi connectivity index (χ3v) is 9.34. The van der Waals surface area contributed by atoms with Crippen molar-refractivity contribution >= 4 is 11.9 Å². The summed E-state index contributed by atoms with van der Waals surface area (Å²) in [6, 6.07) is 0. The third-order valence-electron chi connectivity index (χ3n) is 9.34. The zero-order valence-electron chi connectivity index (χ0n) is 17.5. The van der Waals surface area contributed by atoms with Crippen molar-refractivity contribution in [3.8, 4) is 0 Å². The van der Waals surface area contributed by atoms with Gasteiger partial charge in [0.05, 0.1) is 12.3 Å². The molecule has 0 radical (unpaired) electrons. The van der Waals surface area contributed by atoms with Crippen LogP contribution in [0.4, 0.5) is 0 Å². The summed E-state index contributed by atoms with van der Waals surface area (Å²) in [5, 5.41) is 14.5. The average Bonchev–Trinajstić information content (AvgIpc) is 3.18. The van der Waals surface area contributed by atoms with Crippen LogP contribution in [0.15, 0.2) is 18.0 Å². The van der Waals surface area contributed by atoms with Crippen molar-refractivity contribution in [1.29, 1.82) is 0 Å². The zero-order chi connectivity index (χ0) is 19.7. The highest BCUT2D eigenvalue weighted by atomic mass is 16.3. The van der Waals surface area contributed by atoms with E-state index in [-0.39, 0.29) is 11.5 Å². The topological polar surface area (TPSA) is 55.1 Å². The minimum Gasteiger partial charge on any atom is -0.393 e. The number of Topliss-reactive ketones (excluding diaryl/α,β-unsaturated/α-hetero) is 1. The number of allylic oxidation sites excluding steroid dienone is 1. The molecule has 1 aromatic heterocycles. The number of aryl methyl sites for hydroxylation is 1. The molecule has 1 N–H and O–H groups in total. The fraction of sp³-hybridized carbons (Fsp3) is 0.750. The molecule has 4 aliphatic carbocycles. The molecule has 4 aliphatic rings. The summed E-state index contributed by atoms with van der Waals surface area (Å²) in [4.78, 5) is 13.4. The molecular weight excluding hydrogens is 348 g/mol. The lowest BCUT2D eigenvalue weighted by molar-refractivity contribution is -0.141. The second-order valence-corrected chi connectivity index (χ2v) is 10.7. The lowest BCUT2D eigenvalue weighted by Gasteiger charge is -2.59. The first-order valence-electron chi connectivity index (χ1n) is 11.2.